The van der Waals surface area contributed by atoms with E-state index >= 15 is 0 Å². The lowest BCUT2D eigenvalue weighted by Gasteiger charge is -2.39. The van der Waals surface area contributed by atoms with E-state index in [2.05, 4.69) is 0 Å². The summed E-state index contributed by atoms with van der Waals surface area (Å²) in [7, 11) is 0. The van der Waals surface area contributed by atoms with Crippen LogP contribution in [0.2, 0.25) is 0 Å². The lowest BCUT2D eigenvalue weighted by atomic mass is 9.74. The Hall–Kier alpha value is -1.91. The van der Waals surface area contributed by atoms with E-state index in [9.17, 15) is 14.0 Å². The van der Waals surface area contributed by atoms with Crippen LogP contribution in [0.3, 0.4) is 0 Å². The molecule has 3 rings (SSSR count). The second-order valence-corrected chi connectivity index (χ2v) is 7.54. The molecule has 2 aliphatic rings. The molecule has 1 spiro atoms. The number of fused-ring (bicyclic) bond motifs is 2. The summed E-state index contributed by atoms with van der Waals surface area (Å²) < 4.78 is 19.0. The first-order valence-corrected chi connectivity index (χ1v) is 8.01. The first-order valence-electron chi connectivity index (χ1n) is 8.01. The number of likely N-dealkylation sites (tertiary alicyclic amines) is 1. The fourth-order valence-electron chi connectivity index (χ4n) is 3.59. The van der Waals surface area contributed by atoms with Gasteiger partial charge < -0.3 is 9.64 Å². The van der Waals surface area contributed by atoms with E-state index in [-0.39, 0.29) is 23.1 Å². The molecule has 1 saturated heterocycles. The summed E-state index contributed by atoms with van der Waals surface area (Å²) in [6.45, 7) is 6.57. The summed E-state index contributed by atoms with van der Waals surface area (Å²) in [4.78, 5) is 26.1. The summed E-state index contributed by atoms with van der Waals surface area (Å²) in [5, 5.41) is 0. The Labute approximate surface area is 135 Å². The van der Waals surface area contributed by atoms with Crippen molar-refractivity contribution in [2.24, 2.45) is 0 Å². The quantitative estimate of drug-likeness (QED) is 0.733. The molecular weight excluding hydrogens is 297 g/mol. The van der Waals surface area contributed by atoms with Crippen molar-refractivity contribution in [3.05, 3.63) is 35.1 Å². The van der Waals surface area contributed by atoms with E-state index in [1.165, 1.54) is 12.1 Å². The van der Waals surface area contributed by atoms with Gasteiger partial charge >= 0.3 is 6.09 Å². The first kappa shape index (κ1) is 16.0. The van der Waals surface area contributed by atoms with Gasteiger partial charge in [0.05, 0.1) is 0 Å². The molecule has 0 atom stereocenters. The summed E-state index contributed by atoms with van der Waals surface area (Å²) in [5.41, 5.74) is 0.599. The van der Waals surface area contributed by atoms with Gasteiger partial charge in [0, 0.05) is 30.5 Å². The van der Waals surface area contributed by atoms with E-state index in [0.717, 1.165) is 5.56 Å². The third-order valence-electron chi connectivity index (χ3n) is 4.72. The van der Waals surface area contributed by atoms with E-state index < -0.39 is 5.60 Å². The molecule has 23 heavy (non-hydrogen) atoms. The maximum atomic E-state index is 13.6. The lowest BCUT2D eigenvalue weighted by molar-refractivity contribution is 0.0165. The Morgan fingerprint density at radius 2 is 1.91 bits per heavy atom. The number of carbonyl (C=O) groups is 2. The van der Waals surface area contributed by atoms with Crippen LogP contribution in [0.25, 0.3) is 0 Å². The number of carbonyl (C=O) groups excluding carboxylic acids is 2. The van der Waals surface area contributed by atoms with Crippen LogP contribution in [0.15, 0.2) is 18.2 Å². The van der Waals surface area contributed by atoms with Gasteiger partial charge in [-0.1, -0.05) is 0 Å². The third kappa shape index (κ3) is 2.96. The minimum Gasteiger partial charge on any atom is -0.444 e. The number of rotatable bonds is 0. The molecule has 1 aliphatic carbocycles. The second-order valence-electron chi connectivity index (χ2n) is 7.54. The third-order valence-corrected chi connectivity index (χ3v) is 4.72. The summed E-state index contributed by atoms with van der Waals surface area (Å²) in [6, 6.07) is 4.41. The van der Waals surface area contributed by atoms with E-state index in [4.69, 9.17) is 4.74 Å². The van der Waals surface area contributed by atoms with Crippen LogP contribution in [-0.4, -0.2) is 35.5 Å². The highest BCUT2D eigenvalue weighted by Gasteiger charge is 2.46. The first-order chi connectivity index (χ1) is 10.7. The van der Waals surface area contributed by atoms with Gasteiger partial charge in [-0.15, -0.1) is 0 Å². The van der Waals surface area contributed by atoms with Crippen LogP contribution in [0.4, 0.5) is 9.18 Å². The van der Waals surface area contributed by atoms with Gasteiger partial charge in [-0.2, -0.15) is 0 Å². The maximum absolute atomic E-state index is 13.6. The second kappa shape index (κ2) is 5.32. The van der Waals surface area contributed by atoms with Crippen molar-refractivity contribution in [1.82, 2.24) is 4.90 Å². The lowest BCUT2D eigenvalue weighted by Crippen LogP contribution is -2.46. The van der Waals surface area contributed by atoms with Gasteiger partial charge in [-0.3, -0.25) is 4.79 Å². The fraction of sp³-hybridized carbons (Fsp3) is 0.556. The highest BCUT2D eigenvalue weighted by molar-refractivity contribution is 6.02. The predicted molar refractivity (Wildman–Crippen MR) is 84.1 cm³/mol. The molecule has 5 heteroatoms. The summed E-state index contributed by atoms with van der Waals surface area (Å²) in [5.74, 6) is -0.238. The number of nitrogens with zero attached hydrogens (tertiary/aromatic N) is 1. The number of ether oxygens (including phenoxy) is 1. The molecule has 1 aromatic carbocycles. The van der Waals surface area contributed by atoms with Gasteiger partial charge in [0.2, 0.25) is 0 Å². The fourth-order valence-corrected chi connectivity index (χ4v) is 3.59. The molecule has 0 aromatic heterocycles. The SMILES string of the molecule is CC(C)(C)OC(=O)N1CCC2(CC1)CC(=O)c1ccc(F)cc12. The monoisotopic (exact) mass is 319 g/mol. The highest BCUT2D eigenvalue weighted by Crippen LogP contribution is 2.46. The van der Waals surface area contributed by atoms with Crippen LogP contribution in [0.5, 0.6) is 0 Å². The van der Waals surface area contributed by atoms with Crippen LogP contribution < -0.4 is 0 Å². The van der Waals surface area contributed by atoms with Crippen molar-refractivity contribution in [2.75, 3.05) is 13.1 Å². The zero-order valence-electron chi connectivity index (χ0n) is 13.8. The number of benzene rings is 1. The van der Waals surface area contributed by atoms with Crippen molar-refractivity contribution in [2.45, 2.75) is 51.0 Å². The maximum Gasteiger partial charge on any atom is 0.410 e. The molecule has 1 amide bonds. The van der Waals surface area contributed by atoms with Crippen molar-refractivity contribution < 1.29 is 18.7 Å². The highest BCUT2D eigenvalue weighted by atomic mass is 19.1. The topological polar surface area (TPSA) is 46.6 Å². The molecule has 1 heterocycles. The molecule has 124 valence electrons. The minimum absolute atomic E-state index is 0.0747. The Kier molecular flexibility index (Phi) is 3.69. The van der Waals surface area contributed by atoms with Crippen molar-refractivity contribution >= 4 is 11.9 Å². The Bertz CT molecular complexity index is 655. The molecule has 1 fully saturated rings. The van der Waals surface area contributed by atoms with E-state index in [1.54, 1.807) is 11.0 Å². The molecule has 4 nitrogen and oxygen atoms in total. The van der Waals surface area contributed by atoms with Crippen molar-refractivity contribution in [3.8, 4) is 0 Å². The summed E-state index contributed by atoms with van der Waals surface area (Å²) >= 11 is 0. The molecule has 0 unspecified atom stereocenters. The normalized spacial score (nSPS) is 19.8. The van der Waals surface area contributed by atoms with Gasteiger partial charge in [0.25, 0.3) is 0 Å². The number of hydrogen-bond donors (Lipinski definition) is 0. The number of amides is 1. The van der Waals surface area contributed by atoms with Crippen molar-refractivity contribution in [1.29, 1.82) is 0 Å². The number of Topliss-reactive ketones (excluding diaryl/α,β-unsaturated/α-hetero) is 1. The summed E-state index contributed by atoms with van der Waals surface area (Å²) in [6.07, 6.45) is 1.41. The van der Waals surface area contributed by atoms with E-state index in [1.807, 2.05) is 20.8 Å². The number of halogens is 1. The Balaban J connectivity index is 1.76. The molecule has 0 saturated carbocycles. The van der Waals surface area contributed by atoms with Crippen LogP contribution in [0.1, 0.15) is 56.0 Å². The smallest absolute Gasteiger partial charge is 0.410 e. The average molecular weight is 319 g/mol. The van der Waals surface area contributed by atoms with Crippen molar-refractivity contribution in [3.63, 3.8) is 0 Å². The van der Waals surface area contributed by atoms with Crippen LogP contribution in [0, 0.1) is 5.82 Å². The van der Waals surface area contributed by atoms with Gasteiger partial charge in [-0.25, -0.2) is 9.18 Å². The average Bonchev–Trinajstić information content (AvgIpc) is 2.70. The molecule has 1 aliphatic heterocycles. The largest absolute Gasteiger partial charge is 0.444 e. The molecule has 1 aromatic rings. The Morgan fingerprint density at radius 3 is 2.52 bits per heavy atom. The number of ketones is 1. The van der Waals surface area contributed by atoms with Gasteiger partial charge in [0.1, 0.15) is 11.4 Å². The predicted octanol–water partition coefficient (Wildman–Crippen LogP) is 3.68. The minimum atomic E-state index is -0.523. The number of hydrogen-bond acceptors (Lipinski definition) is 3. The van der Waals surface area contributed by atoms with Crippen LogP contribution >= 0.6 is 0 Å². The van der Waals surface area contributed by atoms with E-state index in [0.29, 0.717) is 37.9 Å². The van der Waals surface area contributed by atoms with Crippen LogP contribution in [-0.2, 0) is 10.2 Å². The molecular formula is C18H22FNO3. The molecule has 0 N–H and O–H groups in total. The number of piperidine rings is 1. The Morgan fingerprint density at radius 1 is 1.26 bits per heavy atom. The standard InChI is InChI=1S/C18H22FNO3/c1-17(2,3)23-16(22)20-8-6-18(7-9-20)11-15(21)13-5-4-12(19)10-14(13)18/h4-5,10H,6-9,11H2,1-3H3. The zero-order chi connectivity index (χ0) is 16.8. The van der Waals surface area contributed by atoms with Gasteiger partial charge in [-0.05, 0) is 57.4 Å². The zero-order valence-corrected chi connectivity index (χ0v) is 13.8. The molecule has 0 bridgehead atoms. The van der Waals surface area contributed by atoms with Gasteiger partial charge in [0.15, 0.2) is 5.78 Å². The molecule has 0 radical (unpaired) electrons.